The number of aromatic amines is 2. The number of thiophene rings is 1. The van der Waals surface area contributed by atoms with Gasteiger partial charge in [0.05, 0.1) is 25.1 Å². The van der Waals surface area contributed by atoms with Crippen LogP contribution in [-0.4, -0.2) is 33.3 Å². The van der Waals surface area contributed by atoms with Crippen LogP contribution in [0.25, 0.3) is 20.5 Å². The number of nitrogens with zero attached hydrogens (tertiary/aromatic N) is 1. The highest BCUT2D eigenvalue weighted by molar-refractivity contribution is 7.22. The maximum absolute atomic E-state index is 13.3. The highest BCUT2D eigenvalue weighted by atomic mass is 32.1. The molecule has 0 aliphatic carbocycles. The second kappa shape index (κ2) is 4.95. The average Bonchev–Trinajstić information content (AvgIpc) is 3.17. The lowest BCUT2D eigenvalue weighted by molar-refractivity contribution is -0.159. The van der Waals surface area contributed by atoms with E-state index >= 15 is 0 Å². The van der Waals surface area contributed by atoms with Crippen molar-refractivity contribution in [1.82, 2.24) is 15.2 Å². The van der Waals surface area contributed by atoms with Gasteiger partial charge in [-0.15, -0.1) is 11.3 Å². The zero-order valence-electron chi connectivity index (χ0n) is 11.6. The Bertz CT molecular complexity index is 935. The highest BCUT2D eigenvalue weighted by Gasteiger charge is 2.45. The van der Waals surface area contributed by atoms with Gasteiger partial charge in [-0.1, -0.05) is 0 Å². The standard InChI is InChI=1S/C14H11F2N3O3S/c15-13(16)14(21)5-22-4-8-7-1-9(6-2-17-18-3-6)23-10(7)12(20)19-11(8)14/h1-3,13,21H,4-5H2,(H,17,18)(H,19,20). The van der Waals surface area contributed by atoms with Gasteiger partial charge in [0.25, 0.3) is 12.0 Å². The zero-order chi connectivity index (χ0) is 16.2. The van der Waals surface area contributed by atoms with Gasteiger partial charge in [0.2, 0.25) is 0 Å². The number of hydrogen-bond acceptors (Lipinski definition) is 5. The van der Waals surface area contributed by atoms with Crippen LogP contribution in [0.2, 0.25) is 0 Å². The number of alkyl halides is 2. The number of halogens is 2. The van der Waals surface area contributed by atoms with Gasteiger partial charge in [0, 0.05) is 27.6 Å². The second-order valence-electron chi connectivity index (χ2n) is 5.37. The largest absolute Gasteiger partial charge is 0.376 e. The molecule has 1 atom stereocenters. The first-order valence-electron chi connectivity index (χ1n) is 6.77. The Hall–Kier alpha value is -2.10. The Labute approximate surface area is 131 Å². The molecule has 0 saturated heterocycles. The van der Waals surface area contributed by atoms with Gasteiger partial charge in [-0.3, -0.25) is 9.89 Å². The maximum Gasteiger partial charge on any atom is 0.274 e. The first-order chi connectivity index (χ1) is 11.0. The highest BCUT2D eigenvalue weighted by Crippen LogP contribution is 2.39. The minimum Gasteiger partial charge on any atom is -0.376 e. The van der Waals surface area contributed by atoms with Crippen LogP contribution in [0, 0.1) is 0 Å². The monoisotopic (exact) mass is 339 g/mol. The number of fused-ring (bicyclic) bond motifs is 3. The lowest BCUT2D eigenvalue weighted by Crippen LogP contribution is -2.44. The number of aliphatic hydroxyl groups is 1. The molecule has 1 aliphatic rings. The number of pyridine rings is 1. The van der Waals surface area contributed by atoms with Crippen LogP contribution in [0.3, 0.4) is 0 Å². The molecule has 9 heteroatoms. The fourth-order valence-electron chi connectivity index (χ4n) is 2.76. The number of aromatic nitrogens is 3. The van der Waals surface area contributed by atoms with E-state index < -0.39 is 24.2 Å². The van der Waals surface area contributed by atoms with Crippen LogP contribution < -0.4 is 5.56 Å². The number of rotatable bonds is 2. The number of hydrogen-bond donors (Lipinski definition) is 3. The van der Waals surface area contributed by atoms with E-state index in [1.807, 2.05) is 0 Å². The molecular weight excluding hydrogens is 328 g/mol. The van der Waals surface area contributed by atoms with Gasteiger partial charge in [-0.05, 0) is 6.07 Å². The molecule has 3 aromatic rings. The van der Waals surface area contributed by atoms with E-state index in [9.17, 15) is 18.7 Å². The summed E-state index contributed by atoms with van der Waals surface area (Å²) in [6, 6.07) is 1.74. The van der Waals surface area contributed by atoms with Crippen LogP contribution in [0.1, 0.15) is 11.3 Å². The molecule has 23 heavy (non-hydrogen) atoms. The molecule has 120 valence electrons. The van der Waals surface area contributed by atoms with Crippen molar-refractivity contribution in [3.05, 3.63) is 40.1 Å². The first kappa shape index (κ1) is 14.5. The maximum atomic E-state index is 13.3. The van der Waals surface area contributed by atoms with Crippen molar-refractivity contribution in [2.45, 2.75) is 18.6 Å². The molecule has 1 aliphatic heterocycles. The topological polar surface area (TPSA) is 91.0 Å². The first-order valence-corrected chi connectivity index (χ1v) is 7.59. The van der Waals surface area contributed by atoms with Gasteiger partial charge in [-0.25, -0.2) is 8.78 Å². The van der Waals surface area contributed by atoms with E-state index in [1.165, 1.54) is 11.3 Å². The third-order valence-corrected chi connectivity index (χ3v) is 5.13. The lowest BCUT2D eigenvalue weighted by Gasteiger charge is -2.33. The van der Waals surface area contributed by atoms with E-state index in [4.69, 9.17) is 4.74 Å². The van der Waals surface area contributed by atoms with Crippen molar-refractivity contribution in [2.75, 3.05) is 6.61 Å². The van der Waals surface area contributed by atoms with E-state index in [-0.39, 0.29) is 12.3 Å². The minimum atomic E-state index is -3.07. The summed E-state index contributed by atoms with van der Waals surface area (Å²) in [6.45, 7) is -0.503. The fourth-order valence-corrected chi connectivity index (χ4v) is 3.83. The summed E-state index contributed by atoms with van der Waals surface area (Å²) in [5.41, 5.74) is -1.98. The van der Waals surface area contributed by atoms with Crippen molar-refractivity contribution in [3.63, 3.8) is 0 Å². The Morgan fingerprint density at radius 3 is 3.00 bits per heavy atom. The molecule has 0 aromatic carbocycles. The summed E-state index contributed by atoms with van der Waals surface area (Å²) >= 11 is 1.23. The summed E-state index contributed by atoms with van der Waals surface area (Å²) in [6.07, 6.45) is 0.218. The van der Waals surface area contributed by atoms with Crippen molar-refractivity contribution in [3.8, 4) is 10.4 Å². The van der Waals surface area contributed by atoms with Gasteiger partial charge in [0.1, 0.15) is 4.70 Å². The van der Waals surface area contributed by atoms with Crippen LogP contribution in [0.4, 0.5) is 8.78 Å². The molecule has 0 saturated carbocycles. The Kier molecular flexibility index (Phi) is 3.12. The molecule has 3 aromatic heterocycles. The van der Waals surface area contributed by atoms with E-state index in [0.717, 1.165) is 10.4 Å². The van der Waals surface area contributed by atoms with Crippen LogP contribution in [0.15, 0.2) is 23.3 Å². The summed E-state index contributed by atoms with van der Waals surface area (Å²) < 4.78 is 32.1. The van der Waals surface area contributed by atoms with Crippen molar-refractivity contribution in [1.29, 1.82) is 0 Å². The molecule has 3 N–H and O–H groups in total. The molecule has 6 nitrogen and oxygen atoms in total. The zero-order valence-corrected chi connectivity index (χ0v) is 12.4. The molecule has 1 unspecified atom stereocenters. The Balaban J connectivity index is 2.01. The van der Waals surface area contributed by atoms with E-state index in [2.05, 4.69) is 15.2 Å². The SMILES string of the molecule is O=c1[nH]c2c(c3cc(-c4cn[nH]c4)sc13)COCC2(O)C(F)F. The molecule has 0 bridgehead atoms. The molecular formula is C14H11F2N3O3S. The van der Waals surface area contributed by atoms with Gasteiger partial charge in [0.15, 0.2) is 5.60 Å². The van der Waals surface area contributed by atoms with Crippen LogP contribution in [0.5, 0.6) is 0 Å². The van der Waals surface area contributed by atoms with Crippen LogP contribution in [-0.2, 0) is 16.9 Å². The van der Waals surface area contributed by atoms with Crippen LogP contribution >= 0.6 is 11.3 Å². The predicted molar refractivity (Wildman–Crippen MR) is 79.6 cm³/mol. The smallest absolute Gasteiger partial charge is 0.274 e. The van der Waals surface area contributed by atoms with Gasteiger partial charge in [-0.2, -0.15) is 5.10 Å². The fraction of sp³-hybridized carbons (Fsp3) is 0.286. The van der Waals surface area contributed by atoms with Gasteiger partial charge < -0.3 is 14.8 Å². The summed E-state index contributed by atoms with van der Waals surface area (Å²) in [4.78, 5) is 15.5. The van der Waals surface area contributed by atoms with Crippen molar-refractivity contribution >= 4 is 21.4 Å². The molecule has 4 rings (SSSR count). The number of nitrogens with one attached hydrogen (secondary N) is 2. The van der Waals surface area contributed by atoms with E-state index in [1.54, 1.807) is 18.5 Å². The average molecular weight is 339 g/mol. The molecule has 4 heterocycles. The second-order valence-corrected chi connectivity index (χ2v) is 6.42. The molecule has 0 fully saturated rings. The number of ether oxygens (including phenoxy) is 1. The Morgan fingerprint density at radius 1 is 1.48 bits per heavy atom. The summed E-state index contributed by atoms with van der Waals surface area (Å²) in [5.74, 6) is 0. The quantitative estimate of drug-likeness (QED) is 0.666. The molecule has 0 spiro atoms. The summed E-state index contributed by atoms with van der Waals surface area (Å²) in [7, 11) is 0. The minimum absolute atomic E-state index is 0.0548. The van der Waals surface area contributed by atoms with Gasteiger partial charge >= 0.3 is 0 Å². The normalized spacial score (nSPS) is 21.0. The van der Waals surface area contributed by atoms with Crippen molar-refractivity contribution in [2.24, 2.45) is 0 Å². The molecule has 0 radical (unpaired) electrons. The lowest BCUT2D eigenvalue weighted by atomic mass is 9.92. The van der Waals surface area contributed by atoms with E-state index in [0.29, 0.717) is 15.6 Å². The third kappa shape index (κ3) is 2.04. The predicted octanol–water partition coefficient (Wildman–Crippen LogP) is 1.96. The third-order valence-electron chi connectivity index (χ3n) is 3.95. The Morgan fingerprint density at radius 2 is 2.30 bits per heavy atom. The van der Waals surface area contributed by atoms with Crippen molar-refractivity contribution < 1.29 is 18.6 Å². The molecule has 0 amide bonds. The summed E-state index contributed by atoms with van der Waals surface area (Å²) in [5, 5.41) is 17.3. The number of H-pyrrole nitrogens is 2.